The van der Waals surface area contributed by atoms with Crippen molar-refractivity contribution in [3.8, 4) is 0 Å². The van der Waals surface area contributed by atoms with Crippen molar-refractivity contribution in [3.05, 3.63) is 34.4 Å². The summed E-state index contributed by atoms with van der Waals surface area (Å²) < 4.78 is 0. The van der Waals surface area contributed by atoms with Gasteiger partial charge < -0.3 is 0 Å². The van der Waals surface area contributed by atoms with Crippen molar-refractivity contribution in [2.24, 2.45) is 11.8 Å². The van der Waals surface area contributed by atoms with Crippen molar-refractivity contribution in [2.75, 3.05) is 0 Å². The highest BCUT2D eigenvalue weighted by molar-refractivity contribution is 5.46. The summed E-state index contributed by atoms with van der Waals surface area (Å²) in [6.45, 7) is 12.0. The highest BCUT2D eigenvalue weighted by Gasteiger charge is 2.35. The Kier molecular flexibility index (Phi) is 8.53. The fourth-order valence-electron chi connectivity index (χ4n) is 5.29. The van der Waals surface area contributed by atoms with Crippen LogP contribution in [-0.4, -0.2) is 0 Å². The minimum absolute atomic E-state index is 0.812. The molecule has 1 aliphatic rings. The molecule has 3 atom stereocenters. The predicted octanol–water partition coefficient (Wildman–Crippen LogP) is 7.86. The minimum atomic E-state index is 0.812. The summed E-state index contributed by atoms with van der Waals surface area (Å²) in [6.07, 6.45) is 14.7. The standard InChI is InChI=1S/C25H42/c1-6-10-12-15-21-17-16-20(14-11-7-2)24-18-19(5)22(9-4)23(13-8-3)25(21)24/h16-17,19,22-23H,6-15,18H2,1-5H3. The largest absolute Gasteiger partial charge is 0.0654 e. The Bertz CT molecular complexity index is 513. The Morgan fingerprint density at radius 1 is 0.840 bits per heavy atom. The predicted molar refractivity (Wildman–Crippen MR) is 113 cm³/mol. The molecule has 0 amide bonds. The van der Waals surface area contributed by atoms with E-state index in [2.05, 4.69) is 46.8 Å². The first-order chi connectivity index (χ1) is 12.2. The van der Waals surface area contributed by atoms with Crippen LogP contribution in [0.15, 0.2) is 12.1 Å². The SMILES string of the molecule is CCCCCc1ccc(CCCC)c2c1C(CCC)C(CC)C(C)C2. The number of rotatable bonds is 10. The molecule has 1 aromatic rings. The second-order valence-corrected chi connectivity index (χ2v) is 8.49. The smallest absolute Gasteiger partial charge is 0.0126 e. The minimum Gasteiger partial charge on any atom is -0.0654 e. The zero-order valence-corrected chi connectivity index (χ0v) is 17.7. The summed E-state index contributed by atoms with van der Waals surface area (Å²) in [4.78, 5) is 0. The van der Waals surface area contributed by atoms with Crippen LogP contribution in [0.25, 0.3) is 0 Å². The third-order valence-corrected chi connectivity index (χ3v) is 6.61. The quantitative estimate of drug-likeness (QED) is 0.379. The molecule has 0 saturated carbocycles. The zero-order valence-electron chi connectivity index (χ0n) is 17.7. The molecule has 3 unspecified atom stereocenters. The van der Waals surface area contributed by atoms with Crippen molar-refractivity contribution in [1.82, 2.24) is 0 Å². The van der Waals surface area contributed by atoms with Gasteiger partial charge in [0.1, 0.15) is 0 Å². The lowest BCUT2D eigenvalue weighted by atomic mass is 9.64. The van der Waals surface area contributed by atoms with Gasteiger partial charge in [-0.25, -0.2) is 0 Å². The lowest BCUT2D eigenvalue weighted by Crippen LogP contribution is -2.30. The highest BCUT2D eigenvalue weighted by Crippen LogP contribution is 2.46. The van der Waals surface area contributed by atoms with E-state index < -0.39 is 0 Å². The summed E-state index contributed by atoms with van der Waals surface area (Å²) in [6, 6.07) is 5.02. The van der Waals surface area contributed by atoms with Gasteiger partial charge in [-0.1, -0.05) is 78.9 Å². The molecule has 0 fully saturated rings. The first-order valence-electron chi connectivity index (χ1n) is 11.3. The molecule has 0 nitrogen and oxygen atoms in total. The van der Waals surface area contributed by atoms with Gasteiger partial charge in [-0.15, -0.1) is 0 Å². The van der Waals surface area contributed by atoms with E-state index in [1.807, 2.05) is 5.56 Å². The Morgan fingerprint density at radius 3 is 2.16 bits per heavy atom. The van der Waals surface area contributed by atoms with Gasteiger partial charge in [-0.05, 0) is 78.5 Å². The number of hydrogen-bond donors (Lipinski definition) is 0. The lowest BCUT2D eigenvalue weighted by Gasteiger charge is -2.40. The maximum absolute atomic E-state index is 2.52. The maximum atomic E-state index is 2.52. The van der Waals surface area contributed by atoms with Crippen LogP contribution in [0.5, 0.6) is 0 Å². The van der Waals surface area contributed by atoms with E-state index in [0.717, 1.165) is 17.8 Å². The van der Waals surface area contributed by atoms with Crippen molar-refractivity contribution < 1.29 is 0 Å². The second-order valence-electron chi connectivity index (χ2n) is 8.49. The van der Waals surface area contributed by atoms with Gasteiger partial charge in [-0.3, -0.25) is 0 Å². The second kappa shape index (κ2) is 10.4. The van der Waals surface area contributed by atoms with Crippen molar-refractivity contribution in [1.29, 1.82) is 0 Å². The molecule has 142 valence electrons. The zero-order chi connectivity index (χ0) is 18.2. The van der Waals surface area contributed by atoms with Crippen molar-refractivity contribution >= 4 is 0 Å². The summed E-state index contributed by atoms with van der Waals surface area (Å²) in [7, 11) is 0. The van der Waals surface area contributed by atoms with Crippen LogP contribution in [0.2, 0.25) is 0 Å². The lowest BCUT2D eigenvalue weighted by molar-refractivity contribution is 0.253. The van der Waals surface area contributed by atoms with E-state index in [1.165, 1.54) is 70.6 Å². The topological polar surface area (TPSA) is 0 Å². The molecule has 0 saturated heterocycles. The van der Waals surface area contributed by atoms with Crippen LogP contribution in [0.1, 0.15) is 114 Å². The number of benzene rings is 1. The van der Waals surface area contributed by atoms with Crippen LogP contribution in [0.4, 0.5) is 0 Å². The van der Waals surface area contributed by atoms with E-state index in [9.17, 15) is 0 Å². The number of hydrogen-bond acceptors (Lipinski definition) is 0. The normalized spacial score (nSPS) is 22.8. The first-order valence-corrected chi connectivity index (χ1v) is 11.3. The number of fused-ring (bicyclic) bond motifs is 1. The Balaban J connectivity index is 2.45. The molecule has 0 aromatic heterocycles. The maximum Gasteiger partial charge on any atom is -0.0126 e. The first kappa shape index (κ1) is 20.5. The van der Waals surface area contributed by atoms with Gasteiger partial charge in [0.15, 0.2) is 0 Å². The van der Waals surface area contributed by atoms with E-state index in [1.54, 1.807) is 16.7 Å². The van der Waals surface area contributed by atoms with Gasteiger partial charge >= 0.3 is 0 Å². The number of aryl methyl sites for hydroxylation is 2. The molecule has 0 N–H and O–H groups in total. The van der Waals surface area contributed by atoms with Crippen LogP contribution in [0.3, 0.4) is 0 Å². The highest BCUT2D eigenvalue weighted by atomic mass is 14.4. The summed E-state index contributed by atoms with van der Waals surface area (Å²) >= 11 is 0. The average Bonchev–Trinajstić information content (AvgIpc) is 2.61. The third-order valence-electron chi connectivity index (χ3n) is 6.61. The van der Waals surface area contributed by atoms with Gasteiger partial charge in [-0.2, -0.15) is 0 Å². The molecule has 0 spiro atoms. The summed E-state index contributed by atoms with van der Waals surface area (Å²) in [5.74, 6) is 2.55. The molecular weight excluding hydrogens is 300 g/mol. The Hall–Kier alpha value is -0.780. The summed E-state index contributed by atoms with van der Waals surface area (Å²) in [5, 5.41) is 0. The third kappa shape index (κ3) is 4.89. The molecule has 25 heavy (non-hydrogen) atoms. The van der Waals surface area contributed by atoms with Gasteiger partial charge in [0.05, 0.1) is 0 Å². The van der Waals surface area contributed by atoms with Crippen LogP contribution in [0, 0.1) is 11.8 Å². The van der Waals surface area contributed by atoms with Gasteiger partial charge in [0, 0.05) is 0 Å². The van der Waals surface area contributed by atoms with E-state index >= 15 is 0 Å². The molecule has 0 bridgehead atoms. The molecule has 0 aliphatic heterocycles. The molecule has 0 heterocycles. The van der Waals surface area contributed by atoms with Crippen LogP contribution in [-0.2, 0) is 19.3 Å². The molecule has 1 aromatic carbocycles. The van der Waals surface area contributed by atoms with E-state index in [0.29, 0.717) is 0 Å². The van der Waals surface area contributed by atoms with Gasteiger partial charge in [0.2, 0.25) is 0 Å². The van der Waals surface area contributed by atoms with E-state index in [-0.39, 0.29) is 0 Å². The van der Waals surface area contributed by atoms with Gasteiger partial charge in [0.25, 0.3) is 0 Å². The monoisotopic (exact) mass is 342 g/mol. The Labute approximate surface area is 157 Å². The summed E-state index contributed by atoms with van der Waals surface area (Å²) in [5.41, 5.74) is 6.97. The fraction of sp³-hybridized carbons (Fsp3) is 0.760. The molecule has 0 heteroatoms. The molecule has 0 radical (unpaired) electrons. The number of unbranched alkanes of at least 4 members (excludes halogenated alkanes) is 3. The molecular formula is C25H42. The van der Waals surface area contributed by atoms with Crippen molar-refractivity contribution in [2.45, 2.75) is 111 Å². The fourth-order valence-corrected chi connectivity index (χ4v) is 5.29. The van der Waals surface area contributed by atoms with Crippen LogP contribution < -0.4 is 0 Å². The Morgan fingerprint density at radius 2 is 1.52 bits per heavy atom. The van der Waals surface area contributed by atoms with Crippen molar-refractivity contribution in [3.63, 3.8) is 0 Å². The van der Waals surface area contributed by atoms with E-state index in [4.69, 9.17) is 0 Å². The molecule has 1 aliphatic carbocycles. The van der Waals surface area contributed by atoms with Crippen LogP contribution >= 0.6 is 0 Å². The molecule has 2 rings (SSSR count). The average molecular weight is 343 g/mol.